The van der Waals surface area contributed by atoms with E-state index in [0.717, 1.165) is 34.1 Å². The standard InChI is InChI=1S/C18H21N3O3S/c1-4-24-18(22)16-15(14(9-19)17(20)25-16)11-21(2)10-12-6-5-7-13(8-12)23-3/h5-8H,4,10-11,20H2,1-3H3/p+1. The molecule has 6 nitrogen and oxygen atoms in total. The lowest BCUT2D eigenvalue weighted by Crippen LogP contribution is -3.06. The molecule has 1 heterocycles. The number of thiophene rings is 1. The van der Waals surface area contributed by atoms with Gasteiger partial charge in [0.05, 0.1) is 31.9 Å². The number of nitriles is 1. The van der Waals surface area contributed by atoms with Crippen LogP contribution in [-0.4, -0.2) is 26.7 Å². The summed E-state index contributed by atoms with van der Waals surface area (Å²) in [6.07, 6.45) is 0. The number of hydrogen-bond acceptors (Lipinski definition) is 6. The third-order valence-corrected chi connectivity index (χ3v) is 4.77. The van der Waals surface area contributed by atoms with Crippen molar-refractivity contribution >= 4 is 22.3 Å². The highest BCUT2D eigenvalue weighted by Crippen LogP contribution is 2.30. The smallest absolute Gasteiger partial charge is 0.348 e. The van der Waals surface area contributed by atoms with Crippen molar-refractivity contribution in [2.75, 3.05) is 26.5 Å². The molecule has 0 amide bonds. The van der Waals surface area contributed by atoms with Crippen LogP contribution in [0.3, 0.4) is 0 Å². The lowest BCUT2D eigenvalue weighted by Gasteiger charge is -2.15. The highest BCUT2D eigenvalue weighted by molar-refractivity contribution is 7.18. The molecule has 1 aromatic heterocycles. The summed E-state index contributed by atoms with van der Waals surface area (Å²) in [5.74, 6) is 0.375. The highest BCUT2D eigenvalue weighted by atomic mass is 32.1. The van der Waals surface area contributed by atoms with Gasteiger partial charge >= 0.3 is 5.97 Å². The molecule has 132 valence electrons. The number of nitrogens with zero attached hydrogens (tertiary/aromatic N) is 1. The molecule has 0 saturated heterocycles. The van der Waals surface area contributed by atoms with Crippen molar-refractivity contribution in [1.29, 1.82) is 5.26 Å². The number of rotatable bonds is 7. The van der Waals surface area contributed by atoms with Gasteiger partial charge in [0.1, 0.15) is 34.8 Å². The fourth-order valence-corrected chi connectivity index (χ4v) is 3.56. The Kier molecular flexibility index (Phi) is 6.39. The van der Waals surface area contributed by atoms with Crippen LogP contribution in [0.1, 0.15) is 33.3 Å². The van der Waals surface area contributed by atoms with Gasteiger partial charge in [0.2, 0.25) is 0 Å². The van der Waals surface area contributed by atoms with Crippen LogP contribution in [0.5, 0.6) is 5.75 Å². The van der Waals surface area contributed by atoms with Gasteiger partial charge in [-0.1, -0.05) is 12.1 Å². The molecule has 25 heavy (non-hydrogen) atoms. The Morgan fingerprint density at radius 1 is 1.40 bits per heavy atom. The van der Waals surface area contributed by atoms with Gasteiger partial charge in [-0.05, 0) is 19.1 Å². The van der Waals surface area contributed by atoms with E-state index in [1.165, 1.54) is 0 Å². The molecule has 0 aliphatic heterocycles. The summed E-state index contributed by atoms with van der Waals surface area (Å²) in [4.78, 5) is 13.7. The third kappa shape index (κ3) is 4.50. The van der Waals surface area contributed by atoms with E-state index in [4.69, 9.17) is 15.2 Å². The van der Waals surface area contributed by atoms with Crippen molar-refractivity contribution in [2.24, 2.45) is 0 Å². The number of nitrogens with two attached hydrogens (primary N) is 1. The number of nitrogens with one attached hydrogen (secondary N) is 1. The lowest BCUT2D eigenvalue weighted by molar-refractivity contribution is -0.907. The number of ether oxygens (including phenoxy) is 2. The van der Waals surface area contributed by atoms with Crippen LogP contribution in [0.25, 0.3) is 0 Å². The van der Waals surface area contributed by atoms with E-state index in [1.807, 2.05) is 31.3 Å². The van der Waals surface area contributed by atoms with Gasteiger partial charge in [-0.25, -0.2) is 4.79 Å². The van der Waals surface area contributed by atoms with Crippen molar-refractivity contribution in [2.45, 2.75) is 20.0 Å². The van der Waals surface area contributed by atoms with Gasteiger partial charge in [-0.2, -0.15) is 5.26 Å². The SMILES string of the molecule is CCOC(=O)c1sc(N)c(C#N)c1C[NH+](C)Cc1cccc(OC)c1. The predicted molar refractivity (Wildman–Crippen MR) is 96.7 cm³/mol. The largest absolute Gasteiger partial charge is 0.497 e. The maximum Gasteiger partial charge on any atom is 0.348 e. The van der Waals surface area contributed by atoms with E-state index in [9.17, 15) is 10.1 Å². The first kappa shape index (κ1) is 18.8. The summed E-state index contributed by atoms with van der Waals surface area (Å²) >= 11 is 1.12. The first-order valence-corrected chi connectivity index (χ1v) is 8.74. The first-order chi connectivity index (χ1) is 12.0. The Labute approximate surface area is 151 Å². The average Bonchev–Trinajstić information content (AvgIpc) is 2.90. The molecule has 0 spiro atoms. The molecule has 0 fully saturated rings. The fraction of sp³-hybridized carbons (Fsp3) is 0.333. The second-order valence-electron chi connectivity index (χ2n) is 5.64. The highest BCUT2D eigenvalue weighted by Gasteiger charge is 2.25. The van der Waals surface area contributed by atoms with Crippen LogP contribution < -0.4 is 15.4 Å². The zero-order valence-corrected chi connectivity index (χ0v) is 15.4. The summed E-state index contributed by atoms with van der Waals surface area (Å²) in [7, 11) is 3.64. The topological polar surface area (TPSA) is 89.8 Å². The molecular weight excluding hydrogens is 338 g/mol. The molecule has 1 atom stereocenters. The Morgan fingerprint density at radius 3 is 2.80 bits per heavy atom. The van der Waals surface area contributed by atoms with E-state index in [2.05, 4.69) is 6.07 Å². The second-order valence-corrected chi connectivity index (χ2v) is 6.70. The maximum absolute atomic E-state index is 12.2. The third-order valence-electron chi connectivity index (χ3n) is 3.73. The van der Waals surface area contributed by atoms with Crippen LogP contribution in [0, 0.1) is 11.3 Å². The van der Waals surface area contributed by atoms with E-state index in [1.54, 1.807) is 14.0 Å². The maximum atomic E-state index is 12.2. The van der Waals surface area contributed by atoms with Gasteiger partial charge in [-0.3, -0.25) is 0 Å². The first-order valence-electron chi connectivity index (χ1n) is 7.92. The lowest BCUT2D eigenvalue weighted by atomic mass is 10.1. The number of esters is 1. The van der Waals surface area contributed by atoms with Crippen LogP contribution in [-0.2, 0) is 17.8 Å². The number of quaternary nitrogens is 1. The molecule has 0 aliphatic rings. The second kappa shape index (κ2) is 8.51. The molecule has 3 N–H and O–H groups in total. The average molecular weight is 360 g/mol. The van der Waals surface area contributed by atoms with Crippen LogP contribution in [0.4, 0.5) is 5.00 Å². The molecule has 1 aromatic carbocycles. The minimum atomic E-state index is -0.426. The van der Waals surface area contributed by atoms with Crippen molar-refractivity contribution in [1.82, 2.24) is 0 Å². The Morgan fingerprint density at radius 2 is 2.16 bits per heavy atom. The summed E-state index contributed by atoms with van der Waals surface area (Å²) in [6, 6.07) is 9.94. The summed E-state index contributed by atoms with van der Waals surface area (Å²) < 4.78 is 10.3. The number of carbonyl (C=O) groups is 1. The zero-order chi connectivity index (χ0) is 18.4. The number of benzene rings is 1. The predicted octanol–water partition coefficient (Wildman–Crippen LogP) is 1.60. The molecule has 0 aliphatic carbocycles. The Bertz CT molecular complexity index is 795. The van der Waals surface area contributed by atoms with E-state index >= 15 is 0 Å². The molecule has 0 saturated carbocycles. The Hall–Kier alpha value is -2.56. The van der Waals surface area contributed by atoms with Crippen molar-refractivity contribution in [3.8, 4) is 11.8 Å². The van der Waals surface area contributed by atoms with E-state index in [-0.39, 0.29) is 6.61 Å². The molecule has 7 heteroatoms. The van der Waals surface area contributed by atoms with E-state index in [0.29, 0.717) is 27.5 Å². The monoisotopic (exact) mass is 360 g/mol. The minimum Gasteiger partial charge on any atom is -0.497 e. The molecule has 0 radical (unpaired) electrons. The molecular formula is C18H22N3O3S+. The quantitative estimate of drug-likeness (QED) is 0.732. The van der Waals surface area contributed by atoms with Gasteiger partial charge in [0, 0.05) is 5.56 Å². The van der Waals surface area contributed by atoms with Gasteiger partial charge in [0.15, 0.2) is 0 Å². The number of nitrogen functional groups attached to an aromatic ring is 1. The minimum absolute atomic E-state index is 0.282. The van der Waals surface area contributed by atoms with Crippen molar-refractivity contribution in [3.05, 3.63) is 45.8 Å². The van der Waals surface area contributed by atoms with Gasteiger partial charge in [-0.15, -0.1) is 11.3 Å². The normalized spacial score (nSPS) is 11.6. The summed E-state index contributed by atoms with van der Waals surface area (Å²) in [6.45, 7) is 3.26. The van der Waals surface area contributed by atoms with Gasteiger partial charge in [0.25, 0.3) is 0 Å². The summed E-state index contributed by atoms with van der Waals surface area (Å²) in [5.41, 5.74) is 8.05. The van der Waals surface area contributed by atoms with Crippen molar-refractivity contribution in [3.63, 3.8) is 0 Å². The van der Waals surface area contributed by atoms with E-state index < -0.39 is 5.97 Å². The molecule has 0 bridgehead atoms. The number of carbonyl (C=O) groups excluding carboxylic acids is 1. The van der Waals surface area contributed by atoms with Gasteiger partial charge < -0.3 is 20.1 Å². The van der Waals surface area contributed by atoms with Crippen LogP contribution in [0.2, 0.25) is 0 Å². The zero-order valence-electron chi connectivity index (χ0n) is 14.6. The molecule has 2 rings (SSSR count). The number of methoxy groups -OCH3 is 1. The Balaban J connectivity index is 2.23. The number of anilines is 1. The molecule has 2 aromatic rings. The molecule has 1 unspecified atom stereocenters. The van der Waals surface area contributed by atoms with Crippen molar-refractivity contribution < 1.29 is 19.2 Å². The summed E-state index contributed by atoms with van der Waals surface area (Å²) in [5, 5.41) is 9.75. The van der Waals surface area contributed by atoms with Crippen LogP contribution >= 0.6 is 11.3 Å². The number of hydrogen-bond donors (Lipinski definition) is 2. The fourth-order valence-electron chi connectivity index (χ4n) is 2.63. The van der Waals surface area contributed by atoms with Crippen LogP contribution in [0.15, 0.2) is 24.3 Å².